The number of nitrogens with one attached hydrogen (secondary N) is 1. The third-order valence-electron chi connectivity index (χ3n) is 6.36. The van der Waals surface area contributed by atoms with E-state index in [2.05, 4.69) is 25.5 Å². The Kier molecular flexibility index (Phi) is 5.54. The van der Waals surface area contributed by atoms with Gasteiger partial charge in [-0.1, -0.05) is 25.1 Å². The van der Waals surface area contributed by atoms with Gasteiger partial charge < -0.3 is 10.4 Å². The number of carbonyl (C=O) groups is 1. The third-order valence-corrected chi connectivity index (χ3v) is 6.36. The number of rotatable bonds is 7. The maximum Gasteiger partial charge on any atom is 0.322 e. The molecule has 0 radical (unpaired) electrons. The molecule has 0 saturated carbocycles. The number of amides is 2. The summed E-state index contributed by atoms with van der Waals surface area (Å²) >= 11 is 0. The van der Waals surface area contributed by atoms with Crippen molar-refractivity contribution in [2.24, 2.45) is 5.92 Å². The van der Waals surface area contributed by atoms with Gasteiger partial charge in [-0.05, 0) is 30.3 Å². The van der Waals surface area contributed by atoms with Crippen LogP contribution in [-0.4, -0.2) is 53.3 Å². The first-order valence-corrected chi connectivity index (χ1v) is 10.8. The van der Waals surface area contributed by atoms with E-state index in [1.807, 2.05) is 19.1 Å². The Morgan fingerprint density at radius 3 is 2.47 bits per heavy atom. The number of hydrogen-bond donors (Lipinski definition) is 2. The molecule has 0 aliphatic carbocycles. The minimum absolute atomic E-state index is 0.0289. The molecular formula is C23H23FN8O2. The van der Waals surface area contributed by atoms with Crippen LogP contribution < -0.4 is 10.2 Å². The Morgan fingerprint density at radius 2 is 1.79 bits per heavy atom. The molecule has 10 nitrogen and oxygen atoms in total. The highest BCUT2D eigenvalue weighted by Gasteiger charge is 2.47. The first-order valence-electron chi connectivity index (χ1n) is 10.8. The molecule has 0 spiro atoms. The lowest BCUT2D eigenvalue weighted by atomic mass is 9.77. The molecule has 174 valence electrons. The summed E-state index contributed by atoms with van der Waals surface area (Å²) in [6.45, 7) is 2.07. The van der Waals surface area contributed by atoms with E-state index in [1.165, 1.54) is 29.7 Å². The first-order chi connectivity index (χ1) is 16.5. The second-order valence-corrected chi connectivity index (χ2v) is 8.27. The standard InChI is InChI=1S/C23H23FN8O2/c1-16(23(34,11-30-14-25-12-28-30)19-4-2-3-5-20(19)24)21-10-27-22(33)32(21)18-8-6-17(7-9-18)31-15-26-13-29-31/h2-9,12-16,21,34H,10-11H2,1H3,(H,27,33)/t16-,21?,23-/m1/s1. The fraction of sp³-hybridized carbons (Fsp3) is 0.261. The lowest BCUT2D eigenvalue weighted by Crippen LogP contribution is -2.50. The van der Waals surface area contributed by atoms with E-state index < -0.39 is 23.4 Å². The molecule has 5 rings (SSSR count). The van der Waals surface area contributed by atoms with Gasteiger partial charge in [-0.25, -0.2) is 28.5 Å². The van der Waals surface area contributed by atoms with Crippen LogP contribution in [0.3, 0.4) is 0 Å². The number of anilines is 1. The SMILES string of the molecule is C[C@H](C1CNC(=O)N1c1ccc(-n2cncn2)cc1)[C@](O)(Cn1cncn1)c1ccccc1F. The van der Waals surface area contributed by atoms with Crippen LogP contribution >= 0.6 is 0 Å². The number of aliphatic hydroxyl groups is 1. The second kappa shape index (κ2) is 8.67. The van der Waals surface area contributed by atoms with Crippen molar-refractivity contribution >= 4 is 11.7 Å². The maximum atomic E-state index is 14.9. The Balaban J connectivity index is 1.50. The van der Waals surface area contributed by atoms with E-state index in [0.717, 1.165) is 5.69 Å². The molecule has 1 aliphatic heterocycles. The highest BCUT2D eigenvalue weighted by atomic mass is 19.1. The number of halogens is 1. The molecule has 2 N–H and O–H groups in total. The highest BCUT2D eigenvalue weighted by Crippen LogP contribution is 2.39. The molecule has 11 heteroatoms. The number of carbonyl (C=O) groups excluding carboxylic acids is 1. The van der Waals surface area contributed by atoms with Gasteiger partial charge in [0.25, 0.3) is 0 Å². The van der Waals surface area contributed by atoms with Gasteiger partial charge in [-0.2, -0.15) is 10.2 Å². The number of benzene rings is 2. The van der Waals surface area contributed by atoms with Crippen LogP contribution in [0.5, 0.6) is 0 Å². The van der Waals surface area contributed by atoms with Crippen LogP contribution in [-0.2, 0) is 12.1 Å². The van der Waals surface area contributed by atoms with Crippen molar-refractivity contribution in [1.29, 1.82) is 0 Å². The fourth-order valence-corrected chi connectivity index (χ4v) is 4.50. The van der Waals surface area contributed by atoms with E-state index in [4.69, 9.17) is 0 Å². The van der Waals surface area contributed by atoms with E-state index in [9.17, 15) is 14.3 Å². The molecule has 34 heavy (non-hydrogen) atoms. The molecule has 2 aromatic heterocycles. The number of nitrogens with zero attached hydrogens (tertiary/aromatic N) is 7. The van der Waals surface area contributed by atoms with Crippen LogP contribution in [0.1, 0.15) is 12.5 Å². The molecule has 1 saturated heterocycles. The summed E-state index contributed by atoms with van der Waals surface area (Å²) in [6.07, 6.45) is 5.85. The first kappa shape index (κ1) is 21.7. The van der Waals surface area contributed by atoms with Crippen molar-refractivity contribution in [3.8, 4) is 5.69 Å². The summed E-state index contributed by atoms with van der Waals surface area (Å²) in [5, 5.41) is 23.0. The summed E-state index contributed by atoms with van der Waals surface area (Å²) in [7, 11) is 0. The molecule has 0 bridgehead atoms. The fourth-order valence-electron chi connectivity index (χ4n) is 4.50. The Morgan fingerprint density at radius 1 is 1.09 bits per heavy atom. The zero-order valence-corrected chi connectivity index (χ0v) is 18.4. The molecule has 4 aromatic rings. The van der Waals surface area contributed by atoms with Crippen molar-refractivity contribution in [1.82, 2.24) is 34.8 Å². The minimum Gasteiger partial charge on any atom is -0.383 e. The van der Waals surface area contributed by atoms with Crippen molar-refractivity contribution in [3.63, 3.8) is 0 Å². The van der Waals surface area contributed by atoms with Crippen LogP contribution in [0.2, 0.25) is 0 Å². The van der Waals surface area contributed by atoms with Gasteiger partial charge >= 0.3 is 6.03 Å². The Hall–Kier alpha value is -4.12. The summed E-state index contributed by atoms with van der Waals surface area (Å²) < 4.78 is 18.0. The third kappa shape index (κ3) is 3.79. The average molecular weight is 462 g/mol. The zero-order chi connectivity index (χ0) is 23.7. The van der Waals surface area contributed by atoms with Crippen molar-refractivity contribution < 1.29 is 14.3 Å². The molecule has 1 fully saturated rings. The highest BCUT2D eigenvalue weighted by molar-refractivity contribution is 5.95. The van der Waals surface area contributed by atoms with Gasteiger partial charge in [0.15, 0.2) is 0 Å². The molecular weight excluding hydrogens is 439 g/mol. The molecule has 2 amide bonds. The quantitative estimate of drug-likeness (QED) is 0.435. The predicted octanol–water partition coefficient (Wildman–Crippen LogP) is 2.12. The largest absolute Gasteiger partial charge is 0.383 e. The summed E-state index contributed by atoms with van der Waals surface area (Å²) in [5.41, 5.74) is -0.0970. The van der Waals surface area contributed by atoms with E-state index in [-0.39, 0.29) is 18.1 Å². The van der Waals surface area contributed by atoms with E-state index in [0.29, 0.717) is 12.2 Å². The lowest BCUT2D eigenvalue weighted by Gasteiger charge is -2.40. The molecule has 3 heterocycles. The van der Waals surface area contributed by atoms with Gasteiger partial charge in [-0.15, -0.1) is 0 Å². The van der Waals surface area contributed by atoms with E-state index in [1.54, 1.807) is 46.2 Å². The summed E-state index contributed by atoms with van der Waals surface area (Å²) in [4.78, 5) is 22.3. The van der Waals surface area contributed by atoms with Gasteiger partial charge in [-0.3, -0.25) is 4.90 Å². The summed E-state index contributed by atoms with van der Waals surface area (Å²) in [6, 6.07) is 12.6. The molecule has 2 aromatic carbocycles. The van der Waals surface area contributed by atoms with E-state index >= 15 is 0 Å². The van der Waals surface area contributed by atoms with Crippen molar-refractivity contribution in [2.75, 3.05) is 11.4 Å². The smallest absolute Gasteiger partial charge is 0.322 e. The monoisotopic (exact) mass is 462 g/mol. The normalized spacial score (nSPS) is 18.5. The molecule has 1 aliphatic rings. The maximum absolute atomic E-state index is 14.9. The molecule has 3 atom stereocenters. The van der Waals surface area contributed by atoms with Gasteiger partial charge in [0.05, 0.1) is 18.3 Å². The number of hydrogen-bond acceptors (Lipinski definition) is 6. The topological polar surface area (TPSA) is 114 Å². The minimum atomic E-state index is -1.67. The van der Waals surface area contributed by atoms with Crippen LogP contribution in [0.25, 0.3) is 5.69 Å². The van der Waals surface area contributed by atoms with Gasteiger partial charge in [0.1, 0.15) is 36.7 Å². The number of aromatic nitrogens is 6. The van der Waals surface area contributed by atoms with Crippen LogP contribution in [0.15, 0.2) is 73.8 Å². The number of urea groups is 1. The Bertz CT molecular complexity index is 1260. The Labute approximate surface area is 194 Å². The van der Waals surface area contributed by atoms with Crippen molar-refractivity contribution in [3.05, 3.63) is 85.2 Å². The van der Waals surface area contributed by atoms with Crippen LogP contribution in [0.4, 0.5) is 14.9 Å². The summed E-state index contributed by atoms with van der Waals surface area (Å²) in [5.74, 6) is -1.11. The average Bonchev–Trinajstić information content (AvgIpc) is 3.62. The molecule has 1 unspecified atom stereocenters. The second-order valence-electron chi connectivity index (χ2n) is 8.27. The predicted molar refractivity (Wildman–Crippen MR) is 121 cm³/mol. The van der Waals surface area contributed by atoms with Gasteiger partial charge in [0.2, 0.25) is 0 Å². The van der Waals surface area contributed by atoms with Crippen LogP contribution in [0, 0.1) is 11.7 Å². The lowest BCUT2D eigenvalue weighted by molar-refractivity contribution is -0.0457. The van der Waals surface area contributed by atoms with Crippen molar-refractivity contribution in [2.45, 2.75) is 25.1 Å². The van der Waals surface area contributed by atoms with Gasteiger partial charge in [0, 0.05) is 23.7 Å². The zero-order valence-electron chi connectivity index (χ0n) is 18.4.